The van der Waals surface area contributed by atoms with Crippen LogP contribution in [0.1, 0.15) is 27.3 Å². The summed E-state index contributed by atoms with van der Waals surface area (Å²) in [5, 5.41) is 14.0. The van der Waals surface area contributed by atoms with E-state index >= 15 is 0 Å². The summed E-state index contributed by atoms with van der Waals surface area (Å²) in [5.74, 6) is 2.23. The summed E-state index contributed by atoms with van der Waals surface area (Å²) in [6.07, 6.45) is 1.47. The van der Waals surface area contributed by atoms with Gasteiger partial charge < -0.3 is 24.2 Å². The van der Waals surface area contributed by atoms with E-state index in [0.717, 1.165) is 34.9 Å². The number of carbonyl (C=O) groups is 1. The van der Waals surface area contributed by atoms with Crippen molar-refractivity contribution in [2.75, 3.05) is 31.5 Å². The zero-order valence-electron chi connectivity index (χ0n) is 19.6. The van der Waals surface area contributed by atoms with Crippen molar-refractivity contribution < 1.29 is 18.8 Å². The highest BCUT2D eigenvalue weighted by Gasteiger charge is 2.18. The fourth-order valence-electron chi connectivity index (χ4n) is 3.61. The summed E-state index contributed by atoms with van der Waals surface area (Å²) < 4.78 is 16.0. The van der Waals surface area contributed by atoms with E-state index in [-0.39, 0.29) is 5.91 Å². The van der Waals surface area contributed by atoms with Crippen LogP contribution in [0.3, 0.4) is 0 Å². The summed E-state index contributed by atoms with van der Waals surface area (Å²) in [4.78, 5) is 14.8. The number of carbonyl (C=O) groups excluding carboxylic acids is 1. The fraction of sp³-hybridized carbons (Fsp3) is 0.240. The highest BCUT2D eigenvalue weighted by atomic mass is 16.5. The molecule has 9 heteroatoms. The topological polar surface area (TPSA) is 106 Å². The van der Waals surface area contributed by atoms with Gasteiger partial charge in [-0.05, 0) is 49.6 Å². The van der Waals surface area contributed by atoms with Crippen LogP contribution in [0.5, 0.6) is 11.5 Å². The predicted octanol–water partition coefficient (Wildman–Crippen LogP) is 4.53. The number of hydrogen-bond donors (Lipinski definition) is 2. The van der Waals surface area contributed by atoms with Gasteiger partial charge in [0.1, 0.15) is 11.5 Å². The van der Waals surface area contributed by atoms with Crippen molar-refractivity contribution in [2.45, 2.75) is 19.8 Å². The van der Waals surface area contributed by atoms with E-state index in [4.69, 9.17) is 14.0 Å². The first kappa shape index (κ1) is 22.9. The molecule has 1 amide bonds. The SMILES string of the molecule is COc1cc(CCc2cc(NC(=O)c3ccccc3N(C)c3cc(C)no3)n[nH]2)cc(OC)c1. The minimum atomic E-state index is -0.269. The number of amides is 1. The number of ether oxygens (including phenoxy) is 2. The second-order valence-corrected chi connectivity index (χ2v) is 7.84. The maximum Gasteiger partial charge on any atom is 0.258 e. The van der Waals surface area contributed by atoms with E-state index in [9.17, 15) is 4.79 Å². The smallest absolute Gasteiger partial charge is 0.258 e. The van der Waals surface area contributed by atoms with Crippen LogP contribution in [-0.2, 0) is 12.8 Å². The minimum absolute atomic E-state index is 0.269. The molecule has 0 aliphatic rings. The Labute approximate surface area is 197 Å². The van der Waals surface area contributed by atoms with Crippen LogP contribution in [-0.4, -0.2) is 42.5 Å². The number of H-pyrrole nitrogens is 1. The number of methoxy groups -OCH3 is 2. The normalized spacial score (nSPS) is 10.7. The van der Waals surface area contributed by atoms with Gasteiger partial charge in [0.05, 0.1) is 31.2 Å². The van der Waals surface area contributed by atoms with Gasteiger partial charge in [-0.25, -0.2) is 0 Å². The summed E-state index contributed by atoms with van der Waals surface area (Å²) in [6.45, 7) is 1.85. The average Bonchev–Trinajstić information content (AvgIpc) is 3.50. The quantitative estimate of drug-likeness (QED) is 0.377. The molecule has 2 N–H and O–H groups in total. The van der Waals surface area contributed by atoms with E-state index in [1.165, 1.54) is 0 Å². The lowest BCUT2D eigenvalue weighted by Crippen LogP contribution is -2.18. The van der Waals surface area contributed by atoms with Crippen LogP contribution in [0, 0.1) is 6.92 Å². The highest BCUT2D eigenvalue weighted by Crippen LogP contribution is 2.28. The number of aromatic amines is 1. The average molecular weight is 462 g/mol. The summed E-state index contributed by atoms with van der Waals surface area (Å²) in [7, 11) is 5.09. The Morgan fingerprint density at radius 1 is 1.06 bits per heavy atom. The maximum absolute atomic E-state index is 13.0. The van der Waals surface area contributed by atoms with Gasteiger partial charge >= 0.3 is 0 Å². The van der Waals surface area contributed by atoms with Gasteiger partial charge in [0.15, 0.2) is 5.82 Å². The molecule has 2 heterocycles. The number of nitrogens with zero attached hydrogens (tertiary/aromatic N) is 3. The van der Waals surface area contributed by atoms with Crippen molar-refractivity contribution in [1.29, 1.82) is 0 Å². The monoisotopic (exact) mass is 461 g/mol. The number of nitrogens with one attached hydrogen (secondary N) is 2. The molecule has 4 rings (SSSR count). The maximum atomic E-state index is 13.0. The molecule has 9 nitrogen and oxygen atoms in total. The van der Waals surface area contributed by atoms with Gasteiger partial charge in [0.2, 0.25) is 5.88 Å². The molecule has 0 aliphatic carbocycles. The molecular weight excluding hydrogens is 434 g/mol. The minimum Gasteiger partial charge on any atom is -0.497 e. The number of para-hydroxylation sites is 1. The molecule has 176 valence electrons. The number of anilines is 3. The molecule has 0 fully saturated rings. The van der Waals surface area contributed by atoms with Gasteiger partial charge in [-0.3, -0.25) is 9.89 Å². The lowest BCUT2D eigenvalue weighted by molar-refractivity contribution is 0.102. The molecule has 0 saturated heterocycles. The summed E-state index contributed by atoms with van der Waals surface area (Å²) in [5.41, 5.74) is 3.93. The van der Waals surface area contributed by atoms with Crippen LogP contribution in [0.4, 0.5) is 17.4 Å². The van der Waals surface area contributed by atoms with Crippen LogP contribution in [0.2, 0.25) is 0 Å². The molecule has 2 aromatic carbocycles. The second-order valence-electron chi connectivity index (χ2n) is 7.84. The molecule has 2 aromatic heterocycles. The van der Waals surface area contributed by atoms with Crippen LogP contribution in [0.25, 0.3) is 0 Å². The number of aryl methyl sites for hydroxylation is 3. The summed E-state index contributed by atoms with van der Waals surface area (Å²) in [6, 6.07) is 16.7. The molecule has 0 saturated carbocycles. The molecule has 0 bridgehead atoms. The Morgan fingerprint density at radius 3 is 2.47 bits per heavy atom. The third kappa shape index (κ3) is 5.20. The Balaban J connectivity index is 1.43. The largest absolute Gasteiger partial charge is 0.497 e. The lowest BCUT2D eigenvalue weighted by Gasteiger charge is -2.18. The predicted molar refractivity (Wildman–Crippen MR) is 129 cm³/mol. The number of rotatable bonds is 9. The molecule has 0 atom stereocenters. The van der Waals surface area contributed by atoms with Crippen molar-refractivity contribution in [3.63, 3.8) is 0 Å². The van der Waals surface area contributed by atoms with Gasteiger partial charge in [-0.1, -0.05) is 17.3 Å². The standard InChI is InChI=1S/C25H27N5O4/c1-16-11-24(34-29-16)30(2)22-8-6-5-7-21(22)25(31)26-23-14-18(27-28-23)10-9-17-12-19(32-3)15-20(13-17)33-4/h5-8,11-15H,9-10H2,1-4H3,(H2,26,27,28,31). The first-order valence-electron chi connectivity index (χ1n) is 10.8. The Bertz CT molecular complexity index is 1260. The Hall–Kier alpha value is -4.27. The van der Waals surface area contributed by atoms with Crippen molar-refractivity contribution in [3.05, 3.63) is 77.1 Å². The zero-order valence-corrected chi connectivity index (χ0v) is 19.6. The fourth-order valence-corrected chi connectivity index (χ4v) is 3.61. The van der Waals surface area contributed by atoms with Gasteiger partial charge in [0.25, 0.3) is 5.91 Å². The van der Waals surface area contributed by atoms with E-state index in [0.29, 0.717) is 29.4 Å². The van der Waals surface area contributed by atoms with E-state index in [1.807, 2.05) is 62.5 Å². The van der Waals surface area contributed by atoms with Crippen LogP contribution >= 0.6 is 0 Å². The van der Waals surface area contributed by atoms with Crippen molar-refractivity contribution in [1.82, 2.24) is 15.4 Å². The Kier molecular flexibility index (Phi) is 6.82. The zero-order chi connectivity index (χ0) is 24.1. The molecular formula is C25H27N5O4. The van der Waals surface area contributed by atoms with E-state index in [1.54, 1.807) is 25.2 Å². The lowest BCUT2D eigenvalue weighted by atomic mass is 10.1. The van der Waals surface area contributed by atoms with Crippen LogP contribution in [0.15, 0.2) is 59.1 Å². The summed E-state index contributed by atoms with van der Waals surface area (Å²) >= 11 is 0. The molecule has 0 aliphatic heterocycles. The van der Waals surface area contributed by atoms with Crippen molar-refractivity contribution in [2.24, 2.45) is 0 Å². The molecule has 0 spiro atoms. The van der Waals surface area contributed by atoms with Crippen molar-refractivity contribution >= 4 is 23.3 Å². The van der Waals surface area contributed by atoms with Gasteiger partial charge in [-0.15, -0.1) is 0 Å². The Morgan fingerprint density at radius 2 is 1.79 bits per heavy atom. The second kappa shape index (κ2) is 10.1. The van der Waals surface area contributed by atoms with E-state index < -0.39 is 0 Å². The highest BCUT2D eigenvalue weighted by molar-refractivity contribution is 6.08. The molecule has 4 aromatic rings. The van der Waals surface area contributed by atoms with Crippen molar-refractivity contribution in [3.8, 4) is 11.5 Å². The van der Waals surface area contributed by atoms with Crippen LogP contribution < -0.4 is 19.7 Å². The third-order valence-electron chi connectivity index (χ3n) is 5.42. The first-order chi connectivity index (χ1) is 16.5. The number of benzene rings is 2. The molecule has 34 heavy (non-hydrogen) atoms. The van der Waals surface area contributed by atoms with Gasteiger partial charge in [-0.2, -0.15) is 5.10 Å². The number of aromatic nitrogens is 3. The number of hydrogen-bond acceptors (Lipinski definition) is 7. The van der Waals surface area contributed by atoms with Gasteiger partial charge in [0, 0.05) is 30.9 Å². The third-order valence-corrected chi connectivity index (χ3v) is 5.42. The molecule has 0 unspecified atom stereocenters. The molecule has 0 radical (unpaired) electrons. The first-order valence-corrected chi connectivity index (χ1v) is 10.8. The van der Waals surface area contributed by atoms with E-state index in [2.05, 4.69) is 20.7 Å².